The first-order valence-electron chi connectivity index (χ1n) is 33.3. The zero-order chi connectivity index (χ0) is 52.2. The molecule has 0 aromatic carbocycles. The van der Waals surface area contributed by atoms with Crippen molar-refractivity contribution < 1.29 is 24.5 Å². The van der Waals surface area contributed by atoms with Gasteiger partial charge in [-0.1, -0.05) is 348 Å². The van der Waals surface area contributed by atoms with E-state index in [2.05, 4.69) is 19.2 Å². The third kappa shape index (κ3) is 58.1. The Morgan fingerprint density at radius 1 is 0.333 bits per heavy atom. The zero-order valence-electron chi connectivity index (χ0n) is 49.2. The van der Waals surface area contributed by atoms with Crippen molar-refractivity contribution in [2.45, 2.75) is 398 Å². The van der Waals surface area contributed by atoms with Gasteiger partial charge in [-0.15, -0.1) is 0 Å². The molecule has 0 aliphatic carbocycles. The topological polar surface area (TPSA) is 95.9 Å². The number of carbonyl (C=O) groups is 2. The number of aliphatic hydroxyl groups excluding tert-OH is 2. The van der Waals surface area contributed by atoms with Crippen molar-refractivity contribution in [1.82, 2.24) is 5.32 Å². The third-order valence-electron chi connectivity index (χ3n) is 15.9. The van der Waals surface area contributed by atoms with Crippen LogP contribution >= 0.6 is 0 Å². The van der Waals surface area contributed by atoms with Gasteiger partial charge in [-0.05, 0) is 25.7 Å². The van der Waals surface area contributed by atoms with Crippen LogP contribution in [0, 0.1) is 0 Å². The Morgan fingerprint density at radius 2 is 0.569 bits per heavy atom. The summed E-state index contributed by atoms with van der Waals surface area (Å²) in [6.07, 6.45) is 74.1. The van der Waals surface area contributed by atoms with Crippen LogP contribution in [-0.4, -0.2) is 47.4 Å². The normalized spacial score (nSPS) is 12.4. The quantitative estimate of drug-likeness (QED) is 0.0417. The highest BCUT2D eigenvalue weighted by molar-refractivity contribution is 5.76. The Hall–Kier alpha value is -1.14. The maximum atomic E-state index is 12.5. The highest BCUT2D eigenvalue weighted by Gasteiger charge is 2.20. The Kier molecular flexibility index (Phi) is 61.4. The smallest absolute Gasteiger partial charge is 0.305 e. The van der Waals surface area contributed by atoms with E-state index in [0.29, 0.717) is 25.9 Å². The van der Waals surface area contributed by atoms with Crippen LogP contribution in [0.4, 0.5) is 0 Å². The largest absolute Gasteiger partial charge is 0.466 e. The maximum absolute atomic E-state index is 12.5. The summed E-state index contributed by atoms with van der Waals surface area (Å²) in [5.41, 5.74) is 0. The van der Waals surface area contributed by atoms with Crippen molar-refractivity contribution in [3.05, 3.63) is 0 Å². The van der Waals surface area contributed by atoms with Crippen molar-refractivity contribution in [3.8, 4) is 0 Å². The van der Waals surface area contributed by atoms with Crippen LogP contribution in [0.15, 0.2) is 0 Å². The van der Waals surface area contributed by atoms with Crippen molar-refractivity contribution in [3.63, 3.8) is 0 Å². The molecule has 0 aromatic rings. The minimum atomic E-state index is -0.668. The van der Waals surface area contributed by atoms with Gasteiger partial charge in [0, 0.05) is 12.8 Å². The van der Waals surface area contributed by atoms with E-state index in [-0.39, 0.29) is 18.5 Å². The first kappa shape index (κ1) is 70.9. The number of carbonyl (C=O) groups excluding carboxylic acids is 2. The number of esters is 1. The zero-order valence-corrected chi connectivity index (χ0v) is 49.2. The van der Waals surface area contributed by atoms with E-state index < -0.39 is 12.1 Å². The Balaban J connectivity index is 3.39. The average Bonchev–Trinajstić information content (AvgIpc) is 3.38. The molecular weight excluding hydrogens is 887 g/mol. The Labute approximate surface area is 451 Å². The number of rotatable bonds is 63. The molecule has 0 bridgehead atoms. The van der Waals surface area contributed by atoms with Crippen LogP contribution in [0.25, 0.3) is 0 Å². The number of amides is 1. The van der Waals surface area contributed by atoms with Gasteiger partial charge in [0.15, 0.2) is 0 Å². The van der Waals surface area contributed by atoms with Crippen LogP contribution in [0.1, 0.15) is 386 Å². The Bertz CT molecular complexity index is 1040. The van der Waals surface area contributed by atoms with Gasteiger partial charge in [0.2, 0.25) is 5.91 Å². The van der Waals surface area contributed by atoms with Crippen molar-refractivity contribution in [2.75, 3.05) is 13.2 Å². The highest BCUT2D eigenvalue weighted by atomic mass is 16.5. The lowest BCUT2D eigenvalue weighted by atomic mass is 10.0. The summed E-state index contributed by atoms with van der Waals surface area (Å²) >= 11 is 0. The molecular formula is C66H131NO5. The molecule has 6 heteroatoms. The standard InChI is InChI=1S/C66H131NO5/c1-3-5-7-9-11-13-15-17-19-21-22-23-24-25-27-30-34-38-42-46-50-54-58-64(69)63(62-68)67-65(70)59-55-51-47-43-39-35-31-28-26-29-33-37-41-45-49-53-57-61-72-66(71)60-56-52-48-44-40-36-32-20-18-16-14-12-10-8-6-4-2/h63-64,68-69H,3-62H2,1-2H3,(H,67,70). The lowest BCUT2D eigenvalue weighted by Gasteiger charge is -2.22. The number of unbranched alkanes of at least 4 members (excludes halogenated alkanes) is 52. The van der Waals surface area contributed by atoms with Gasteiger partial charge in [0.05, 0.1) is 25.4 Å². The summed E-state index contributed by atoms with van der Waals surface area (Å²) in [5.74, 6) is -0.0244. The summed E-state index contributed by atoms with van der Waals surface area (Å²) in [4.78, 5) is 24.6. The molecule has 0 fully saturated rings. The number of hydrogen-bond donors (Lipinski definition) is 3. The van der Waals surface area contributed by atoms with Crippen LogP contribution in [-0.2, 0) is 14.3 Å². The molecule has 0 saturated heterocycles. The summed E-state index contributed by atoms with van der Waals surface area (Å²) < 4.78 is 5.50. The monoisotopic (exact) mass is 1020 g/mol. The highest BCUT2D eigenvalue weighted by Crippen LogP contribution is 2.19. The fraction of sp³-hybridized carbons (Fsp3) is 0.970. The van der Waals surface area contributed by atoms with Crippen LogP contribution in [0.2, 0.25) is 0 Å². The van der Waals surface area contributed by atoms with E-state index in [9.17, 15) is 19.8 Å². The third-order valence-corrected chi connectivity index (χ3v) is 15.9. The molecule has 2 atom stereocenters. The average molecular weight is 1020 g/mol. The predicted octanol–water partition coefficient (Wildman–Crippen LogP) is 21.0. The molecule has 72 heavy (non-hydrogen) atoms. The van der Waals surface area contributed by atoms with Gasteiger partial charge in [0.25, 0.3) is 0 Å². The Morgan fingerprint density at radius 3 is 0.847 bits per heavy atom. The molecule has 0 aliphatic heterocycles. The number of hydrogen-bond acceptors (Lipinski definition) is 5. The number of aliphatic hydroxyl groups is 2. The minimum Gasteiger partial charge on any atom is -0.466 e. The van der Waals surface area contributed by atoms with Gasteiger partial charge in [-0.3, -0.25) is 9.59 Å². The minimum absolute atomic E-state index is 0.0105. The fourth-order valence-electron chi connectivity index (χ4n) is 10.8. The molecule has 3 N–H and O–H groups in total. The van der Waals surface area contributed by atoms with E-state index in [1.54, 1.807) is 0 Å². The second-order valence-corrected chi connectivity index (χ2v) is 23.2. The van der Waals surface area contributed by atoms with Gasteiger partial charge >= 0.3 is 5.97 Å². The fourth-order valence-corrected chi connectivity index (χ4v) is 10.8. The van der Waals surface area contributed by atoms with Crippen molar-refractivity contribution >= 4 is 11.9 Å². The molecule has 430 valence electrons. The number of ether oxygens (including phenoxy) is 1. The van der Waals surface area contributed by atoms with E-state index in [1.807, 2.05) is 0 Å². The first-order chi connectivity index (χ1) is 35.5. The van der Waals surface area contributed by atoms with E-state index in [1.165, 1.54) is 315 Å². The molecule has 2 unspecified atom stereocenters. The van der Waals surface area contributed by atoms with E-state index in [0.717, 1.165) is 38.5 Å². The molecule has 6 nitrogen and oxygen atoms in total. The van der Waals surface area contributed by atoms with E-state index in [4.69, 9.17) is 4.74 Å². The van der Waals surface area contributed by atoms with Gasteiger partial charge in [0.1, 0.15) is 0 Å². The van der Waals surface area contributed by atoms with E-state index >= 15 is 0 Å². The maximum Gasteiger partial charge on any atom is 0.305 e. The second-order valence-electron chi connectivity index (χ2n) is 23.2. The second kappa shape index (κ2) is 62.4. The van der Waals surface area contributed by atoms with Crippen LogP contribution in [0.5, 0.6) is 0 Å². The SMILES string of the molecule is CCCCCCCCCCCCCCCCCCCCCCCCC(O)C(CO)NC(=O)CCCCCCCCCCCCCCCCCCCOC(=O)CCCCCCCCCCCCCCCCCC. The lowest BCUT2D eigenvalue weighted by Crippen LogP contribution is -2.45. The van der Waals surface area contributed by atoms with Crippen LogP contribution < -0.4 is 5.32 Å². The molecule has 0 saturated carbocycles. The summed E-state index contributed by atoms with van der Waals surface area (Å²) in [7, 11) is 0. The molecule has 0 heterocycles. The van der Waals surface area contributed by atoms with Gasteiger partial charge in [-0.2, -0.15) is 0 Å². The van der Waals surface area contributed by atoms with Gasteiger partial charge < -0.3 is 20.3 Å². The predicted molar refractivity (Wildman–Crippen MR) is 315 cm³/mol. The summed E-state index contributed by atoms with van der Waals surface area (Å²) in [6.45, 7) is 4.99. The molecule has 0 aliphatic rings. The lowest BCUT2D eigenvalue weighted by molar-refractivity contribution is -0.143. The summed E-state index contributed by atoms with van der Waals surface area (Å²) in [6, 6.07) is -0.545. The molecule has 0 rings (SSSR count). The molecule has 0 radical (unpaired) electrons. The number of nitrogens with one attached hydrogen (secondary N) is 1. The van der Waals surface area contributed by atoms with Gasteiger partial charge in [-0.25, -0.2) is 0 Å². The molecule has 0 spiro atoms. The van der Waals surface area contributed by atoms with Crippen molar-refractivity contribution in [2.24, 2.45) is 0 Å². The summed E-state index contributed by atoms with van der Waals surface area (Å²) in [5, 5.41) is 23.4. The molecule has 1 amide bonds. The first-order valence-corrected chi connectivity index (χ1v) is 33.3. The van der Waals surface area contributed by atoms with Crippen LogP contribution in [0.3, 0.4) is 0 Å². The molecule has 0 aromatic heterocycles. The van der Waals surface area contributed by atoms with Crippen molar-refractivity contribution in [1.29, 1.82) is 0 Å².